The van der Waals surface area contributed by atoms with E-state index in [1.807, 2.05) is 0 Å². The molecule has 0 aliphatic heterocycles. The Labute approximate surface area is 127 Å². The highest BCUT2D eigenvalue weighted by molar-refractivity contribution is 6.34. The predicted octanol–water partition coefficient (Wildman–Crippen LogP) is 3.14. The molecule has 0 radical (unpaired) electrons. The number of benzene rings is 1. The Hall–Kier alpha value is -1.82. The smallest absolute Gasteiger partial charge is 0.271 e. The van der Waals surface area contributed by atoms with Gasteiger partial charge in [0.25, 0.3) is 11.6 Å². The fraction of sp³-hybridized carbons (Fsp3) is 0.500. The molecule has 7 heteroatoms. The van der Waals surface area contributed by atoms with E-state index < -0.39 is 10.8 Å². The summed E-state index contributed by atoms with van der Waals surface area (Å²) in [6.45, 7) is 2.66. The van der Waals surface area contributed by atoms with E-state index in [4.69, 9.17) is 17.3 Å². The fourth-order valence-corrected chi connectivity index (χ4v) is 2.81. The number of amides is 1. The number of nitro benzene ring substituents is 1. The molecule has 0 bridgehead atoms. The minimum Gasteiger partial charge on any atom is -0.397 e. The summed E-state index contributed by atoms with van der Waals surface area (Å²) in [5.41, 5.74) is 5.80. The van der Waals surface area contributed by atoms with Crippen molar-refractivity contribution in [1.29, 1.82) is 0 Å². The fourth-order valence-electron chi connectivity index (χ4n) is 2.59. The van der Waals surface area contributed by atoms with E-state index in [9.17, 15) is 14.9 Å². The van der Waals surface area contributed by atoms with Gasteiger partial charge in [0.05, 0.1) is 21.2 Å². The molecule has 1 aliphatic rings. The van der Waals surface area contributed by atoms with Crippen molar-refractivity contribution in [3.63, 3.8) is 0 Å². The van der Waals surface area contributed by atoms with Crippen molar-refractivity contribution in [2.45, 2.75) is 32.6 Å². The second kappa shape index (κ2) is 5.89. The average Bonchev–Trinajstić information content (AvgIpc) is 2.40. The van der Waals surface area contributed by atoms with Crippen LogP contribution in [-0.4, -0.2) is 17.4 Å². The Balaban J connectivity index is 2.17. The summed E-state index contributed by atoms with van der Waals surface area (Å²) in [5.74, 6) is -0.419. The minimum absolute atomic E-state index is 0.0169. The van der Waals surface area contributed by atoms with Gasteiger partial charge in [0.2, 0.25) is 0 Å². The van der Waals surface area contributed by atoms with Crippen LogP contribution in [0.3, 0.4) is 0 Å². The van der Waals surface area contributed by atoms with Crippen LogP contribution in [0.25, 0.3) is 0 Å². The molecule has 114 valence electrons. The zero-order valence-corrected chi connectivity index (χ0v) is 12.6. The van der Waals surface area contributed by atoms with Crippen LogP contribution in [0, 0.1) is 15.5 Å². The maximum atomic E-state index is 12.2. The summed E-state index contributed by atoms with van der Waals surface area (Å²) in [4.78, 5) is 22.5. The first-order valence-corrected chi connectivity index (χ1v) is 7.28. The van der Waals surface area contributed by atoms with Crippen molar-refractivity contribution in [2.75, 3.05) is 12.3 Å². The number of carbonyl (C=O) groups excluding carboxylic acids is 1. The van der Waals surface area contributed by atoms with Crippen LogP contribution in [0.5, 0.6) is 0 Å². The Morgan fingerprint density at radius 1 is 1.52 bits per heavy atom. The summed E-state index contributed by atoms with van der Waals surface area (Å²) in [6.07, 6.45) is 4.36. The molecule has 0 unspecified atom stereocenters. The highest BCUT2D eigenvalue weighted by atomic mass is 35.5. The van der Waals surface area contributed by atoms with Gasteiger partial charge >= 0.3 is 0 Å². The number of carbonyl (C=O) groups is 1. The zero-order chi connectivity index (χ0) is 15.6. The Kier molecular flexibility index (Phi) is 4.37. The molecule has 0 aromatic heterocycles. The van der Waals surface area contributed by atoms with Crippen LogP contribution in [-0.2, 0) is 0 Å². The lowest BCUT2D eigenvalue weighted by molar-refractivity contribution is -0.384. The van der Waals surface area contributed by atoms with Gasteiger partial charge in [-0.3, -0.25) is 14.9 Å². The van der Waals surface area contributed by atoms with Crippen molar-refractivity contribution >= 4 is 28.9 Å². The molecule has 0 atom stereocenters. The van der Waals surface area contributed by atoms with Gasteiger partial charge < -0.3 is 11.1 Å². The van der Waals surface area contributed by atoms with Crippen molar-refractivity contribution in [3.05, 3.63) is 32.8 Å². The van der Waals surface area contributed by atoms with Crippen molar-refractivity contribution < 1.29 is 9.72 Å². The SMILES string of the molecule is CCC1(CNC(=O)c2cc([N+](=O)[O-])cc(Cl)c2N)CCC1. The van der Waals surface area contributed by atoms with E-state index in [0.29, 0.717) is 6.54 Å². The number of hydrogen-bond donors (Lipinski definition) is 2. The molecule has 1 amide bonds. The van der Waals surface area contributed by atoms with Crippen molar-refractivity contribution in [3.8, 4) is 0 Å². The molecule has 3 N–H and O–H groups in total. The van der Waals surface area contributed by atoms with Gasteiger partial charge in [-0.25, -0.2) is 0 Å². The average molecular weight is 312 g/mol. The van der Waals surface area contributed by atoms with Crippen LogP contribution in [0.15, 0.2) is 12.1 Å². The summed E-state index contributed by atoms with van der Waals surface area (Å²) in [5, 5.41) is 13.7. The minimum atomic E-state index is -0.596. The third-order valence-electron chi connectivity index (χ3n) is 4.36. The van der Waals surface area contributed by atoms with E-state index in [-0.39, 0.29) is 27.4 Å². The summed E-state index contributed by atoms with van der Waals surface area (Å²) >= 11 is 5.85. The number of nitrogens with two attached hydrogens (primary N) is 1. The summed E-state index contributed by atoms with van der Waals surface area (Å²) in [6, 6.07) is 2.31. The lowest BCUT2D eigenvalue weighted by atomic mass is 9.67. The molecule has 6 nitrogen and oxygen atoms in total. The first-order chi connectivity index (χ1) is 9.88. The first-order valence-electron chi connectivity index (χ1n) is 6.90. The number of non-ortho nitro benzene ring substituents is 1. The molecule has 1 aromatic rings. The standard InChI is InChI=1S/C14H18ClN3O3/c1-2-14(4-3-5-14)8-17-13(19)10-6-9(18(20)21)7-11(15)12(10)16/h6-7H,2-5,8,16H2,1H3,(H,17,19). The van der Waals surface area contributed by atoms with Gasteiger partial charge in [0.15, 0.2) is 0 Å². The van der Waals surface area contributed by atoms with Gasteiger partial charge in [-0.15, -0.1) is 0 Å². The first kappa shape index (κ1) is 15.6. The van der Waals surface area contributed by atoms with E-state index in [2.05, 4.69) is 12.2 Å². The molecule has 0 heterocycles. The number of nitrogens with one attached hydrogen (secondary N) is 1. The number of anilines is 1. The van der Waals surface area contributed by atoms with Crippen molar-refractivity contribution in [2.24, 2.45) is 5.41 Å². The number of nitrogen functional groups attached to an aromatic ring is 1. The van der Waals surface area contributed by atoms with Gasteiger partial charge in [0.1, 0.15) is 0 Å². The normalized spacial score (nSPS) is 16.1. The van der Waals surface area contributed by atoms with Gasteiger partial charge in [-0.2, -0.15) is 0 Å². The predicted molar refractivity (Wildman–Crippen MR) is 81.4 cm³/mol. The maximum Gasteiger partial charge on any atom is 0.271 e. The second-order valence-electron chi connectivity index (χ2n) is 5.54. The topological polar surface area (TPSA) is 98.3 Å². The molecule has 1 fully saturated rings. The number of halogens is 1. The lowest BCUT2D eigenvalue weighted by Gasteiger charge is -2.41. The largest absolute Gasteiger partial charge is 0.397 e. The van der Waals surface area contributed by atoms with E-state index in [1.54, 1.807) is 0 Å². The highest BCUT2D eigenvalue weighted by Crippen LogP contribution is 2.43. The molecule has 1 aliphatic carbocycles. The Morgan fingerprint density at radius 3 is 2.67 bits per heavy atom. The van der Waals surface area contributed by atoms with Gasteiger partial charge in [-0.1, -0.05) is 24.9 Å². The summed E-state index contributed by atoms with van der Waals surface area (Å²) in [7, 11) is 0. The number of nitro groups is 1. The lowest BCUT2D eigenvalue weighted by Crippen LogP contribution is -2.41. The number of rotatable bonds is 5. The monoisotopic (exact) mass is 311 g/mol. The second-order valence-corrected chi connectivity index (χ2v) is 5.94. The van der Waals surface area contributed by atoms with Crippen LogP contribution < -0.4 is 11.1 Å². The number of nitrogens with zero attached hydrogens (tertiary/aromatic N) is 1. The molecule has 1 saturated carbocycles. The van der Waals surface area contributed by atoms with Crippen LogP contribution in [0.1, 0.15) is 43.0 Å². The third-order valence-corrected chi connectivity index (χ3v) is 4.67. The van der Waals surface area contributed by atoms with Gasteiger partial charge in [0, 0.05) is 18.7 Å². The molecule has 0 spiro atoms. The Bertz CT molecular complexity index is 580. The van der Waals surface area contributed by atoms with E-state index >= 15 is 0 Å². The van der Waals surface area contributed by atoms with E-state index in [1.165, 1.54) is 6.42 Å². The highest BCUT2D eigenvalue weighted by Gasteiger charge is 2.35. The van der Waals surface area contributed by atoms with Gasteiger partial charge in [-0.05, 0) is 24.7 Å². The quantitative estimate of drug-likeness (QED) is 0.496. The molecular weight excluding hydrogens is 294 g/mol. The van der Waals surface area contributed by atoms with Crippen LogP contribution in [0.4, 0.5) is 11.4 Å². The molecular formula is C14H18ClN3O3. The number of hydrogen-bond acceptors (Lipinski definition) is 4. The third kappa shape index (κ3) is 3.10. The zero-order valence-electron chi connectivity index (χ0n) is 11.8. The maximum absolute atomic E-state index is 12.2. The molecule has 2 rings (SSSR count). The van der Waals surface area contributed by atoms with Crippen LogP contribution >= 0.6 is 11.6 Å². The molecule has 0 saturated heterocycles. The summed E-state index contributed by atoms with van der Waals surface area (Å²) < 4.78 is 0. The Morgan fingerprint density at radius 2 is 2.19 bits per heavy atom. The molecule has 1 aromatic carbocycles. The molecule has 21 heavy (non-hydrogen) atoms. The van der Waals surface area contributed by atoms with Crippen LogP contribution in [0.2, 0.25) is 5.02 Å². The van der Waals surface area contributed by atoms with Crippen molar-refractivity contribution in [1.82, 2.24) is 5.32 Å². The van der Waals surface area contributed by atoms with E-state index in [0.717, 1.165) is 31.4 Å².